The summed E-state index contributed by atoms with van der Waals surface area (Å²) in [5, 5.41) is 3.48. The predicted molar refractivity (Wildman–Crippen MR) is 102 cm³/mol. The summed E-state index contributed by atoms with van der Waals surface area (Å²) in [6.07, 6.45) is 1.74. The Balaban J connectivity index is 1.78. The molecule has 1 aliphatic rings. The number of nitrogens with zero attached hydrogens (tertiary/aromatic N) is 1. The lowest BCUT2D eigenvalue weighted by Crippen LogP contribution is -2.29. The van der Waals surface area contributed by atoms with E-state index in [0.29, 0.717) is 23.7 Å². The Morgan fingerprint density at radius 2 is 1.81 bits per heavy atom. The number of carbonyl (C=O) groups is 1. The Kier molecular flexibility index (Phi) is 5.65. The molecule has 2 aromatic rings. The smallest absolute Gasteiger partial charge is 0.251 e. The van der Waals surface area contributed by atoms with Gasteiger partial charge in [0.2, 0.25) is 10.0 Å². The van der Waals surface area contributed by atoms with E-state index in [2.05, 4.69) is 5.32 Å². The maximum absolute atomic E-state index is 12.7. The third kappa shape index (κ3) is 4.09. The minimum Gasteiger partial charge on any atom is -0.346 e. The Morgan fingerprint density at radius 3 is 2.50 bits per heavy atom. The van der Waals surface area contributed by atoms with Crippen LogP contribution in [0.15, 0.2) is 53.4 Å². The molecule has 0 bridgehead atoms. The molecule has 0 radical (unpaired) electrons. The molecule has 1 saturated heterocycles. The second kappa shape index (κ2) is 7.78. The van der Waals surface area contributed by atoms with Gasteiger partial charge < -0.3 is 5.32 Å². The monoisotopic (exact) mass is 392 g/mol. The molecule has 0 aromatic heterocycles. The van der Waals surface area contributed by atoms with Gasteiger partial charge in [0, 0.05) is 23.7 Å². The van der Waals surface area contributed by atoms with Crippen LogP contribution in [0.25, 0.3) is 0 Å². The molecule has 2 aromatic carbocycles. The van der Waals surface area contributed by atoms with Crippen LogP contribution in [-0.2, 0) is 10.0 Å². The summed E-state index contributed by atoms with van der Waals surface area (Å²) >= 11 is 5.99. The van der Waals surface area contributed by atoms with Crippen LogP contribution in [0.4, 0.5) is 0 Å². The summed E-state index contributed by atoms with van der Waals surface area (Å²) in [7, 11) is -3.55. The number of halogens is 1. The zero-order chi connectivity index (χ0) is 18.7. The average molecular weight is 393 g/mol. The van der Waals surface area contributed by atoms with Crippen molar-refractivity contribution < 1.29 is 13.2 Å². The highest BCUT2D eigenvalue weighted by Crippen LogP contribution is 2.22. The van der Waals surface area contributed by atoms with Crippen LogP contribution < -0.4 is 5.32 Å². The fourth-order valence-corrected chi connectivity index (χ4v) is 4.78. The van der Waals surface area contributed by atoms with E-state index in [1.54, 1.807) is 24.3 Å². The van der Waals surface area contributed by atoms with Gasteiger partial charge in [0.15, 0.2) is 0 Å². The molecule has 5 nitrogen and oxygen atoms in total. The molecular formula is C19H21ClN2O3S. The van der Waals surface area contributed by atoms with Gasteiger partial charge in [0.25, 0.3) is 5.91 Å². The Bertz CT molecular complexity index is 909. The maximum atomic E-state index is 12.7. The van der Waals surface area contributed by atoms with E-state index in [1.165, 1.54) is 16.4 Å². The molecule has 1 atom stereocenters. The summed E-state index contributed by atoms with van der Waals surface area (Å²) < 4.78 is 26.8. The highest BCUT2D eigenvalue weighted by Gasteiger charge is 2.27. The lowest BCUT2D eigenvalue weighted by molar-refractivity contribution is 0.0939. The third-order valence-corrected chi connectivity index (χ3v) is 6.63. The summed E-state index contributed by atoms with van der Waals surface area (Å²) in [5.41, 5.74) is 1.20. The Morgan fingerprint density at radius 1 is 1.12 bits per heavy atom. The molecule has 1 N–H and O–H groups in total. The number of carbonyl (C=O) groups excluding carboxylic acids is 1. The summed E-state index contributed by atoms with van der Waals surface area (Å²) in [4.78, 5) is 12.7. The fourth-order valence-electron chi connectivity index (χ4n) is 3.01. The van der Waals surface area contributed by atoms with Gasteiger partial charge in [-0.1, -0.05) is 29.8 Å². The standard InChI is InChI=1S/C19H21ClN2O3S/c1-14(15-6-4-8-17(20)12-15)21-19(23)16-7-5-9-18(13-16)26(24,25)22-10-2-3-11-22/h4-9,12-14H,2-3,10-11H2,1H3,(H,21,23)/t14-/m1/s1. The largest absolute Gasteiger partial charge is 0.346 e. The van der Waals surface area contributed by atoms with Crippen molar-refractivity contribution in [3.63, 3.8) is 0 Å². The summed E-state index contributed by atoms with van der Waals surface area (Å²) in [5.74, 6) is -0.323. The lowest BCUT2D eigenvalue weighted by Gasteiger charge is -2.17. The van der Waals surface area contributed by atoms with Crippen molar-refractivity contribution in [2.24, 2.45) is 0 Å². The molecule has 0 unspecified atom stereocenters. The fraction of sp³-hybridized carbons (Fsp3) is 0.316. The van der Waals surface area contributed by atoms with E-state index in [9.17, 15) is 13.2 Å². The van der Waals surface area contributed by atoms with Gasteiger partial charge in [-0.05, 0) is 55.7 Å². The first-order valence-corrected chi connectivity index (χ1v) is 10.4. The molecule has 1 heterocycles. The van der Waals surface area contributed by atoms with Crippen molar-refractivity contribution in [1.29, 1.82) is 0 Å². The van der Waals surface area contributed by atoms with Crippen LogP contribution in [0.2, 0.25) is 5.02 Å². The van der Waals surface area contributed by atoms with E-state index in [1.807, 2.05) is 19.1 Å². The van der Waals surface area contributed by atoms with Crippen molar-refractivity contribution in [2.75, 3.05) is 13.1 Å². The van der Waals surface area contributed by atoms with E-state index in [-0.39, 0.29) is 16.8 Å². The number of benzene rings is 2. The first-order chi connectivity index (χ1) is 12.4. The molecule has 0 aliphatic carbocycles. The minimum atomic E-state index is -3.55. The number of amides is 1. The Labute approximate surface area is 159 Å². The van der Waals surface area contributed by atoms with Gasteiger partial charge in [-0.3, -0.25) is 4.79 Å². The zero-order valence-corrected chi connectivity index (χ0v) is 16.1. The molecule has 1 fully saturated rings. The Hall–Kier alpha value is -1.89. The van der Waals surface area contributed by atoms with E-state index < -0.39 is 10.0 Å². The highest BCUT2D eigenvalue weighted by atomic mass is 35.5. The van der Waals surface area contributed by atoms with Crippen molar-refractivity contribution in [1.82, 2.24) is 9.62 Å². The molecule has 1 aliphatic heterocycles. The lowest BCUT2D eigenvalue weighted by atomic mass is 10.1. The molecular weight excluding hydrogens is 372 g/mol. The van der Waals surface area contributed by atoms with Gasteiger partial charge in [0.05, 0.1) is 10.9 Å². The first kappa shape index (κ1) is 18.9. The topological polar surface area (TPSA) is 66.5 Å². The molecule has 7 heteroatoms. The zero-order valence-electron chi connectivity index (χ0n) is 14.5. The van der Waals surface area contributed by atoms with E-state index >= 15 is 0 Å². The predicted octanol–water partition coefficient (Wildman–Crippen LogP) is 3.62. The van der Waals surface area contributed by atoms with Gasteiger partial charge in [-0.15, -0.1) is 0 Å². The van der Waals surface area contributed by atoms with Crippen LogP contribution in [0.1, 0.15) is 41.7 Å². The third-order valence-electron chi connectivity index (χ3n) is 4.50. The summed E-state index contributed by atoms with van der Waals surface area (Å²) in [6, 6.07) is 13.2. The van der Waals surface area contributed by atoms with Crippen molar-refractivity contribution in [3.8, 4) is 0 Å². The number of nitrogens with one attached hydrogen (secondary N) is 1. The minimum absolute atomic E-state index is 0.155. The maximum Gasteiger partial charge on any atom is 0.251 e. The normalized spacial score (nSPS) is 16.4. The van der Waals surface area contributed by atoms with Crippen molar-refractivity contribution in [3.05, 3.63) is 64.7 Å². The van der Waals surface area contributed by atoms with Crippen molar-refractivity contribution >= 4 is 27.5 Å². The second-order valence-electron chi connectivity index (χ2n) is 6.39. The first-order valence-electron chi connectivity index (χ1n) is 8.54. The van der Waals surface area contributed by atoms with Crippen molar-refractivity contribution in [2.45, 2.75) is 30.7 Å². The van der Waals surface area contributed by atoms with E-state index in [0.717, 1.165) is 18.4 Å². The molecule has 138 valence electrons. The number of hydrogen-bond acceptors (Lipinski definition) is 3. The number of sulfonamides is 1. The van der Waals surface area contributed by atoms with Gasteiger partial charge in [-0.2, -0.15) is 4.31 Å². The van der Waals surface area contributed by atoms with Gasteiger partial charge in [0.1, 0.15) is 0 Å². The number of hydrogen-bond donors (Lipinski definition) is 1. The van der Waals surface area contributed by atoms with Crippen LogP contribution in [0, 0.1) is 0 Å². The second-order valence-corrected chi connectivity index (χ2v) is 8.76. The van der Waals surface area contributed by atoms with Crippen LogP contribution in [0.3, 0.4) is 0 Å². The van der Waals surface area contributed by atoms with Gasteiger partial charge >= 0.3 is 0 Å². The average Bonchev–Trinajstić information content (AvgIpc) is 3.17. The van der Waals surface area contributed by atoms with Gasteiger partial charge in [-0.25, -0.2) is 8.42 Å². The quantitative estimate of drug-likeness (QED) is 0.845. The molecule has 0 spiro atoms. The summed E-state index contributed by atoms with van der Waals surface area (Å²) in [6.45, 7) is 2.92. The molecule has 1 amide bonds. The SMILES string of the molecule is C[C@@H](NC(=O)c1cccc(S(=O)(=O)N2CCCC2)c1)c1cccc(Cl)c1. The van der Waals surface area contributed by atoms with Crippen LogP contribution >= 0.6 is 11.6 Å². The number of rotatable bonds is 5. The van der Waals surface area contributed by atoms with Crippen LogP contribution in [0.5, 0.6) is 0 Å². The highest BCUT2D eigenvalue weighted by molar-refractivity contribution is 7.89. The molecule has 0 saturated carbocycles. The molecule has 3 rings (SSSR count). The van der Waals surface area contributed by atoms with Crippen LogP contribution in [-0.4, -0.2) is 31.7 Å². The molecule has 26 heavy (non-hydrogen) atoms. The van der Waals surface area contributed by atoms with E-state index in [4.69, 9.17) is 11.6 Å².